The van der Waals surface area contributed by atoms with Crippen LogP contribution in [0.15, 0.2) is 47.4 Å². The number of anilines is 1. The van der Waals surface area contributed by atoms with Gasteiger partial charge in [0.05, 0.1) is 0 Å². The molecule has 1 aromatic heterocycles. The van der Waals surface area contributed by atoms with Crippen LogP contribution < -0.4 is 10.5 Å². The second-order valence-electron chi connectivity index (χ2n) is 5.09. The first-order valence-electron chi connectivity index (χ1n) is 6.89. The molecule has 5 heteroatoms. The first kappa shape index (κ1) is 13.5. The lowest BCUT2D eigenvalue weighted by molar-refractivity contribution is -0.119. The zero-order valence-corrected chi connectivity index (χ0v) is 11.5. The molecular weight excluding hydrogens is 271 g/mol. The molecule has 1 aliphatic rings. The van der Waals surface area contributed by atoms with E-state index in [-0.39, 0.29) is 18.0 Å². The number of para-hydroxylation sites is 1. The van der Waals surface area contributed by atoms with E-state index < -0.39 is 5.82 Å². The molecule has 1 amide bonds. The predicted molar refractivity (Wildman–Crippen MR) is 77.8 cm³/mol. The highest BCUT2D eigenvalue weighted by molar-refractivity contribution is 5.94. The Morgan fingerprint density at radius 2 is 2.00 bits per heavy atom. The molecule has 0 saturated heterocycles. The third kappa shape index (κ3) is 2.72. The minimum absolute atomic E-state index is 0.148. The fraction of sp³-hybridized carbons (Fsp3) is 0.250. The van der Waals surface area contributed by atoms with Crippen molar-refractivity contribution in [2.75, 3.05) is 11.4 Å². The van der Waals surface area contributed by atoms with Crippen molar-refractivity contribution < 1.29 is 9.18 Å². The number of carbonyl (C=O) groups is 1. The molecule has 0 spiro atoms. The van der Waals surface area contributed by atoms with Crippen molar-refractivity contribution in [3.63, 3.8) is 0 Å². The van der Waals surface area contributed by atoms with Crippen molar-refractivity contribution in [1.29, 1.82) is 0 Å². The number of hydrogen-bond acceptors (Lipinski definition) is 2. The molecule has 0 radical (unpaired) electrons. The Bertz CT molecular complexity index is 739. The average molecular weight is 286 g/mol. The van der Waals surface area contributed by atoms with E-state index in [1.165, 1.54) is 0 Å². The molecule has 3 rings (SSSR count). The second-order valence-corrected chi connectivity index (χ2v) is 5.09. The van der Waals surface area contributed by atoms with Crippen LogP contribution in [0.1, 0.15) is 12.0 Å². The molecule has 0 unspecified atom stereocenters. The second kappa shape index (κ2) is 5.52. The highest BCUT2D eigenvalue weighted by Crippen LogP contribution is 2.26. The quantitative estimate of drug-likeness (QED) is 0.847. The topological polar surface area (TPSA) is 42.3 Å². The maximum atomic E-state index is 13.2. The molecule has 0 atom stereocenters. The highest BCUT2D eigenvalue weighted by Gasteiger charge is 2.22. The highest BCUT2D eigenvalue weighted by atomic mass is 19.1. The summed E-state index contributed by atoms with van der Waals surface area (Å²) in [4.78, 5) is 25.8. The van der Waals surface area contributed by atoms with Gasteiger partial charge in [0.2, 0.25) is 5.91 Å². The van der Waals surface area contributed by atoms with Gasteiger partial charge in [-0.15, -0.1) is 0 Å². The first-order valence-corrected chi connectivity index (χ1v) is 6.89. The summed E-state index contributed by atoms with van der Waals surface area (Å²) < 4.78 is 14.3. The molecule has 0 fully saturated rings. The summed E-state index contributed by atoms with van der Waals surface area (Å²) in [5.74, 6) is -0.726. The van der Waals surface area contributed by atoms with Crippen LogP contribution in [0.5, 0.6) is 0 Å². The van der Waals surface area contributed by atoms with Gasteiger partial charge in [0.15, 0.2) is 0 Å². The molecule has 0 aliphatic carbocycles. The first-order chi connectivity index (χ1) is 10.1. The van der Waals surface area contributed by atoms with E-state index >= 15 is 0 Å². The van der Waals surface area contributed by atoms with Crippen LogP contribution in [0, 0.1) is 5.82 Å². The van der Waals surface area contributed by atoms with E-state index in [2.05, 4.69) is 0 Å². The van der Waals surface area contributed by atoms with Crippen molar-refractivity contribution in [3.8, 4) is 0 Å². The van der Waals surface area contributed by atoms with Crippen molar-refractivity contribution in [2.24, 2.45) is 0 Å². The Morgan fingerprint density at radius 1 is 1.19 bits per heavy atom. The normalized spacial score (nSPS) is 13.9. The van der Waals surface area contributed by atoms with E-state index in [1.807, 2.05) is 24.3 Å². The minimum Gasteiger partial charge on any atom is -0.311 e. The number of fused-ring (bicyclic) bond motifs is 1. The molecule has 0 N–H and O–H groups in total. The molecular formula is C16H15FN2O2. The summed E-state index contributed by atoms with van der Waals surface area (Å²) in [6.45, 7) is 0.477. The third-order valence-electron chi connectivity index (χ3n) is 3.66. The Hall–Kier alpha value is -2.43. The molecule has 21 heavy (non-hydrogen) atoms. The van der Waals surface area contributed by atoms with E-state index in [0.717, 1.165) is 47.0 Å². The van der Waals surface area contributed by atoms with E-state index in [1.54, 1.807) is 4.90 Å². The monoisotopic (exact) mass is 286 g/mol. The van der Waals surface area contributed by atoms with Crippen LogP contribution in [0.25, 0.3) is 0 Å². The van der Waals surface area contributed by atoms with Crippen molar-refractivity contribution >= 4 is 11.6 Å². The number of rotatable bonds is 2. The number of aryl methyl sites for hydroxylation is 1. The Labute approximate surface area is 121 Å². The van der Waals surface area contributed by atoms with E-state index in [0.29, 0.717) is 6.54 Å². The van der Waals surface area contributed by atoms with Crippen LogP contribution in [0.3, 0.4) is 0 Å². The zero-order valence-electron chi connectivity index (χ0n) is 11.5. The number of benzene rings is 1. The minimum atomic E-state index is -0.526. The van der Waals surface area contributed by atoms with Gasteiger partial charge in [-0.3, -0.25) is 9.59 Å². The van der Waals surface area contributed by atoms with Crippen molar-refractivity contribution in [2.45, 2.75) is 19.4 Å². The van der Waals surface area contributed by atoms with E-state index in [4.69, 9.17) is 0 Å². The van der Waals surface area contributed by atoms with Crippen molar-refractivity contribution in [3.05, 3.63) is 64.3 Å². The molecule has 2 heterocycles. The summed E-state index contributed by atoms with van der Waals surface area (Å²) in [5.41, 5.74) is 1.64. The number of nitrogens with zero attached hydrogens (tertiary/aromatic N) is 2. The van der Waals surface area contributed by atoms with Gasteiger partial charge in [0.25, 0.3) is 5.56 Å². The van der Waals surface area contributed by atoms with E-state index in [9.17, 15) is 14.0 Å². The average Bonchev–Trinajstić information content (AvgIpc) is 2.50. The van der Waals surface area contributed by atoms with Crippen LogP contribution in [0.2, 0.25) is 0 Å². The predicted octanol–water partition coefficient (Wildman–Crippen LogP) is 1.97. The smallest absolute Gasteiger partial charge is 0.251 e. The molecule has 4 nitrogen and oxygen atoms in total. The lowest BCUT2D eigenvalue weighted by Gasteiger charge is -2.29. The maximum Gasteiger partial charge on any atom is 0.251 e. The van der Waals surface area contributed by atoms with Crippen LogP contribution >= 0.6 is 0 Å². The standard InChI is InChI=1S/C16H15FN2O2/c17-13-7-8-15(20)18(10-13)11-16(21)19-9-3-5-12-4-1-2-6-14(12)19/h1-2,4,6-8,10H,3,5,9,11H2. The molecule has 2 aromatic rings. The van der Waals surface area contributed by atoms with Crippen molar-refractivity contribution in [1.82, 2.24) is 4.57 Å². The molecule has 108 valence electrons. The van der Waals surface area contributed by atoms with Gasteiger partial charge in [-0.05, 0) is 30.5 Å². The lowest BCUT2D eigenvalue weighted by atomic mass is 10.0. The number of hydrogen-bond donors (Lipinski definition) is 0. The van der Waals surface area contributed by atoms with Gasteiger partial charge < -0.3 is 9.47 Å². The van der Waals surface area contributed by atoms with Gasteiger partial charge in [-0.1, -0.05) is 18.2 Å². The molecule has 0 bridgehead atoms. The number of aromatic nitrogens is 1. The van der Waals surface area contributed by atoms with Gasteiger partial charge in [0, 0.05) is 24.5 Å². The Balaban J connectivity index is 1.87. The maximum absolute atomic E-state index is 13.2. The Kier molecular flexibility index (Phi) is 3.56. The van der Waals surface area contributed by atoms with Gasteiger partial charge >= 0.3 is 0 Å². The Morgan fingerprint density at radius 3 is 2.86 bits per heavy atom. The summed E-state index contributed by atoms with van der Waals surface area (Å²) in [6.07, 6.45) is 2.90. The number of carbonyl (C=O) groups excluding carboxylic acids is 1. The van der Waals surface area contributed by atoms with Gasteiger partial charge in [-0.25, -0.2) is 4.39 Å². The van der Waals surface area contributed by atoms with Crippen LogP contribution in [0.4, 0.5) is 10.1 Å². The largest absolute Gasteiger partial charge is 0.311 e. The van der Waals surface area contributed by atoms with Crippen LogP contribution in [-0.4, -0.2) is 17.0 Å². The molecule has 1 aliphatic heterocycles. The summed E-state index contributed by atoms with van der Waals surface area (Å²) in [5, 5.41) is 0. The van der Waals surface area contributed by atoms with Gasteiger partial charge in [-0.2, -0.15) is 0 Å². The molecule has 1 aromatic carbocycles. The third-order valence-corrected chi connectivity index (χ3v) is 3.66. The lowest BCUT2D eigenvalue weighted by Crippen LogP contribution is -2.39. The number of halogens is 1. The zero-order chi connectivity index (χ0) is 14.8. The fourth-order valence-corrected chi connectivity index (χ4v) is 2.65. The summed E-state index contributed by atoms with van der Waals surface area (Å²) >= 11 is 0. The molecule has 0 saturated carbocycles. The van der Waals surface area contributed by atoms with Crippen LogP contribution in [-0.2, 0) is 17.8 Å². The number of pyridine rings is 1. The fourth-order valence-electron chi connectivity index (χ4n) is 2.65. The summed E-state index contributed by atoms with van der Waals surface area (Å²) in [7, 11) is 0. The summed E-state index contributed by atoms with van der Waals surface area (Å²) in [6, 6.07) is 9.97. The SMILES string of the molecule is O=C(Cn1cc(F)ccc1=O)N1CCCc2ccccc21. The number of amides is 1. The van der Waals surface area contributed by atoms with Gasteiger partial charge in [0.1, 0.15) is 12.4 Å².